The van der Waals surface area contributed by atoms with Gasteiger partial charge < -0.3 is 33.8 Å². The molecular weight excluding hydrogens is 436 g/mol. The molecule has 8 heteroatoms. The number of rotatable bonds is 7. The third-order valence-electron chi connectivity index (χ3n) is 6.28. The van der Waals surface area contributed by atoms with Crippen molar-refractivity contribution in [2.24, 2.45) is 5.92 Å². The molecule has 2 N–H and O–H groups in total. The van der Waals surface area contributed by atoms with Gasteiger partial charge in [-0.3, -0.25) is 0 Å². The highest BCUT2D eigenvalue weighted by Gasteiger charge is 2.39. The minimum absolute atomic E-state index is 0.0203. The van der Waals surface area contributed by atoms with Crippen LogP contribution in [0.3, 0.4) is 0 Å². The van der Waals surface area contributed by atoms with E-state index in [9.17, 15) is 0 Å². The van der Waals surface area contributed by atoms with Gasteiger partial charge in [-0.25, -0.2) is 0 Å². The maximum absolute atomic E-state index is 6.40. The van der Waals surface area contributed by atoms with E-state index in [4.69, 9.17) is 28.4 Å². The van der Waals surface area contributed by atoms with Crippen LogP contribution in [0.2, 0.25) is 0 Å². The van der Waals surface area contributed by atoms with E-state index in [1.165, 1.54) is 0 Å². The molecule has 5 rings (SSSR count). The van der Waals surface area contributed by atoms with E-state index in [0.29, 0.717) is 28.7 Å². The Bertz CT molecular complexity index is 1140. The lowest BCUT2D eigenvalue weighted by atomic mass is 9.78. The number of methoxy groups -OCH3 is 3. The van der Waals surface area contributed by atoms with Gasteiger partial charge in [0.15, 0.2) is 29.2 Å². The van der Waals surface area contributed by atoms with Gasteiger partial charge in [0.2, 0.25) is 12.5 Å². The smallest absolute Gasteiger partial charge is 0.231 e. The highest BCUT2D eigenvalue weighted by Crippen LogP contribution is 2.51. The normalized spacial score (nSPS) is 20.2. The van der Waals surface area contributed by atoms with E-state index in [1.54, 1.807) is 21.3 Å². The van der Waals surface area contributed by atoms with Crippen molar-refractivity contribution in [3.05, 3.63) is 65.7 Å². The van der Waals surface area contributed by atoms with E-state index >= 15 is 0 Å². The lowest BCUT2D eigenvalue weighted by molar-refractivity contribution is 0.0862. The highest BCUT2D eigenvalue weighted by atomic mass is 16.7. The topological polar surface area (TPSA) is 79.4 Å². The largest absolute Gasteiger partial charge is 0.493 e. The SMILES string of the molecule is COc1cc([C@@H]2c3cc4c(cc3O[C@H](NNc3ccccc3)[C@H]2C)OCO4)cc(OC)c1OC. The quantitative estimate of drug-likeness (QED) is 0.494. The predicted octanol–water partition coefficient (Wildman–Crippen LogP) is 4.54. The number of fused-ring (bicyclic) bond motifs is 2. The molecule has 3 aromatic rings. The van der Waals surface area contributed by atoms with Crippen LogP contribution in [0.25, 0.3) is 0 Å². The molecule has 0 spiro atoms. The van der Waals surface area contributed by atoms with Gasteiger partial charge in [0.05, 0.1) is 21.3 Å². The molecule has 0 unspecified atom stereocenters. The zero-order valence-electron chi connectivity index (χ0n) is 19.6. The van der Waals surface area contributed by atoms with Crippen LogP contribution in [0.4, 0.5) is 5.69 Å². The maximum atomic E-state index is 6.40. The van der Waals surface area contributed by atoms with Crippen LogP contribution in [-0.2, 0) is 0 Å². The van der Waals surface area contributed by atoms with E-state index in [-0.39, 0.29) is 24.9 Å². The molecule has 0 radical (unpaired) electrons. The van der Waals surface area contributed by atoms with Gasteiger partial charge in [0, 0.05) is 29.2 Å². The fourth-order valence-electron chi connectivity index (χ4n) is 4.59. The van der Waals surface area contributed by atoms with Crippen LogP contribution >= 0.6 is 0 Å². The van der Waals surface area contributed by atoms with Crippen LogP contribution in [-0.4, -0.2) is 34.4 Å². The average molecular weight is 465 g/mol. The molecule has 2 aliphatic rings. The van der Waals surface area contributed by atoms with Crippen LogP contribution < -0.4 is 39.3 Å². The molecule has 2 heterocycles. The third-order valence-corrected chi connectivity index (χ3v) is 6.28. The van der Waals surface area contributed by atoms with Crippen molar-refractivity contribution in [3.63, 3.8) is 0 Å². The van der Waals surface area contributed by atoms with E-state index in [2.05, 4.69) is 17.8 Å². The second kappa shape index (κ2) is 9.23. The summed E-state index contributed by atoms with van der Waals surface area (Å²) in [6, 6.07) is 17.8. The molecule has 0 bridgehead atoms. The van der Waals surface area contributed by atoms with Crippen LogP contribution in [0.1, 0.15) is 24.0 Å². The average Bonchev–Trinajstić information content (AvgIpc) is 3.33. The Hall–Kier alpha value is -3.78. The molecule has 178 valence electrons. The Labute approximate surface area is 198 Å². The van der Waals surface area contributed by atoms with Crippen LogP contribution in [0, 0.1) is 5.92 Å². The number of anilines is 1. The first kappa shape index (κ1) is 22.0. The first-order valence-electron chi connectivity index (χ1n) is 11.1. The van der Waals surface area contributed by atoms with Gasteiger partial charge in [0.25, 0.3) is 0 Å². The predicted molar refractivity (Wildman–Crippen MR) is 127 cm³/mol. The number of hydrogen-bond acceptors (Lipinski definition) is 8. The second-order valence-electron chi connectivity index (χ2n) is 8.21. The molecule has 0 saturated carbocycles. The zero-order valence-corrected chi connectivity index (χ0v) is 19.6. The fourth-order valence-corrected chi connectivity index (χ4v) is 4.59. The number of hydrazine groups is 1. The summed E-state index contributed by atoms with van der Waals surface area (Å²) in [5, 5.41) is 0. The van der Waals surface area contributed by atoms with E-state index < -0.39 is 0 Å². The Morgan fingerprint density at radius 3 is 2.15 bits per heavy atom. The number of nitrogens with one attached hydrogen (secondary N) is 2. The van der Waals surface area contributed by atoms with Crippen molar-refractivity contribution in [1.82, 2.24) is 5.43 Å². The molecule has 0 aliphatic carbocycles. The monoisotopic (exact) mass is 464 g/mol. The van der Waals surface area contributed by atoms with Crippen molar-refractivity contribution in [3.8, 4) is 34.5 Å². The Morgan fingerprint density at radius 2 is 1.50 bits per heavy atom. The van der Waals surface area contributed by atoms with Gasteiger partial charge in [-0.15, -0.1) is 0 Å². The Kier molecular flexibility index (Phi) is 5.98. The summed E-state index contributed by atoms with van der Waals surface area (Å²) < 4.78 is 34.5. The van der Waals surface area contributed by atoms with Gasteiger partial charge >= 0.3 is 0 Å². The number of benzene rings is 3. The van der Waals surface area contributed by atoms with E-state index in [1.807, 2.05) is 54.6 Å². The van der Waals surface area contributed by atoms with E-state index in [0.717, 1.165) is 22.6 Å². The van der Waals surface area contributed by atoms with Crippen molar-refractivity contribution in [1.29, 1.82) is 0 Å². The van der Waals surface area contributed by atoms with Crippen molar-refractivity contribution < 1.29 is 28.4 Å². The first-order valence-corrected chi connectivity index (χ1v) is 11.1. The molecule has 0 amide bonds. The third kappa shape index (κ3) is 3.90. The minimum atomic E-state index is -0.336. The number of para-hydroxylation sites is 1. The van der Waals surface area contributed by atoms with Crippen molar-refractivity contribution >= 4 is 5.69 Å². The summed E-state index contributed by atoms with van der Waals surface area (Å²) in [7, 11) is 4.84. The second-order valence-corrected chi connectivity index (χ2v) is 8.21. The molecule has 8 nitrogen and oxygen atoms in total. The number of ether oxygens (including phenoxy) is 6. The summed E-state index contributed by atoms with van der Waals surface area (Å²) in [5.41, 5.74) is 9.57. The lowest BCUT2D eigenvalue weighted by Gasteiger charge is -2.39. The molecule has 2 aliphatic heterocycles. The van der Waals surface area contributed by atoms with Crippen LogP contribution in [0.5, 0.6) is 34.5 Å². The molecule has 3 atom stereocenters. The minimum Gasteiger partial charge on any atom is -0.493 e. The van der Waals surface area contributed by atoms with Gasteiger partial charge in [-0.2, -0.15) is 5.43 Å². The first-order chi connectivity index (χ1) is 16.6. The molecule has 0 saturated heterocycles. The highest BCUT2D eigenvalue weighted by molar-refractivity contribution is 5.60. The standard InChI is InChI=1S/C26H28N2O6/c1-15-24(16-10-22(29-2)25(31-4)23(11-16)30-3)18-12-20-21(33-14-32-20)13-19(18)34-26(15)28-27-17-8-6-5-7-9-17/h5-13,15,24,26-28H,14H2,1-4H3/t15-,24+,26-/m0/s1. The van der Waals surface area contributed by atoms with Gasteiger partial charge in [-0.1, -0.05) is 25.1 Å². The molecule has 0 fully saturated rings. The summed E-state index contributed by atoms with van der Waals surface area (Å²) in [5.74, 6) is 3.84. The van der Waals surface area contributed by atoms with Gasteiger partial charge in [-0.05, 0) is 35.9 Å². The van der Waals surface area contributed by atoms with Crippen molar-refractivity contribution in [2.45, 2.75) is 19.1 Å². The summed E-state index contributed by atoms with van der Waals surface area (Å²) >= 11 is 0. The molecular formula is C26H28N2O6. The number of hydrogen-bond donors (Lipinski definition) is 2. The maximum Gasteiger partial charge on any atom is 0.231 e. The molecule has 0 aromatic heterocycles. The lowest BCUT2D eigenvalue weighted by Crippen LogP contribution is -2.47. The van der Waals surface area contributed by atoms with Gasteiger partial charge in [0.1, 0.15) is 5.75 Å². The summed E-state index contributed by atoms with van der Waals surface area (Å²) in [6.07, 6.45) is -0.336. The summed E-state index contributed by atoms with van der Waals surface area (Å²) in [6.45, 7) is 2.34. The van der Waals surface area contributed by atoms with Crippen molar-refractivity contribution in [2.75, 3.05) is 33.5 Å². The summed E-state index contributed by atoms with van der Waals surface area (Å²) in [4.78, 5) is 0. The Balaban J connectivity index is 1.57. The van der Waals surface area contributed by atoms with Crippen LogP contribution in [0.15, 0.2) is 54.6 Å². The zero-order chi connectivity index (χ0) is 23.7. The molecule has 34 heavy (non-hydrogen) atoms. The fraction of sp³-hybridized carbons (Fsp3) is 0.308. The Morgan fingerprint density at radius 1 is 0.824 bits per heavy atom. The molecule has 3 aromatic carbocycles.